The van der Waals surface area contributed by atoms with E-state index in [1.54, 1.807) is 0 Å². The van der Waals surface area contributed by atoms with Gasteiger partial charge in [0.25, 0.3) is 0 Å². The Bertz CT molecular complexity index is 533. The maximum absolute atomic E-state index is 3.48. The lowest BCUT2D eigenvalue weighted by Gasteiger charge is -2.16. The fourth-order valence-electron chi connectivity index (χ4n) is 2.46. The van der Waals surface area contributed by atoms with E-state index in [1.165, 1.54) is 16.7 Å². The van der Waals surface area contributed by atoms with Crippen molar-refractivity contribution in [1.82, 2.24) is 5.32 Å². The van der Waals surface area contributed by atoms with E-state index < -0.39 is 0 Å². The van der Waals surface area contributed by atoms with Crippen LogP contribution in [-0.4, -0.2) is 13.1 Å². The number of likely N-dealkylation sites (N-methyl/N-ethyl adjacent to an activating group) is 1. The summed E-state index contributed by atoms with van der Waals surface area (Å²) >= 11 is 3.48. The second-order valence-corrected chi connectivity index (χ2v) is 6.26. The Hall–Kier alpha value is -1.12. The maximum Gasteiger partial charge on any atom is 0.0175 e. The number of benzene rings is 2. The molecule has 0 radical (unpaired) electrons. The predicted octanol–water partition coefficient (Wildman–Crippen LogP) is 4.52. The molecule has 0 bridgehead atoms. The quantitative estimate of drug-likeness (QED) is 0.820. The molecule has 1 unspecified atom stereocenters. The Morgan fingerprint density at radius 2 is 1.80 bits per heavy atom. The Morgan fingerprint density at radius 1 is 1.05 bits per heavy atom. The van der Waals surface area contributed by atoms with Crippen LogP contribution in [0.4, 0.5) is 0 Å². The Labute approximate surface area is 130 Å². The van der Waals surface area contributed by atoms with E-state index in [0.717, 1.165) is 23.7 Å². The second-order valence-electron chi connectivity index (χ2n) is 5.34. The molecule has 20 heavy (non-hydrogen) atoms. The van der Waals surface area contributed by atoms with Gasteiger partial charge in [0.15, 0.2) is 0 Å². The summed E-state index contributed by atoms with van der Waals surface area (Å²) in [6.45, 7) is 2.15. The molecule has 106 valence electrons. The molecule has 2 rings (SSSR count). The van der Waals surface area contributed by atoms with Crippen LogP contribution in [0.5, 0.6) is 0 Å². The van der Waals surface area contributed by atoms with E-state index in [-0.39, 0.29) is 0 Å². The minimum Gasteiger partial charge on any atom is -0.317 e. The fourth-order valence-corrected chi connectivity index (χ4v) is 2.73. The average molecular weight is 332 g/mol. The highest BCUT2D eigenvalue weighted by Crippen LogP contribution is 2.14. The van der Waals surface area contributed by atoms with Crippen LogP contribution in [0.2, 0.25) is 0 Å². The van der Waals surface area contributed by atoms with Crippen molar-refractivity contribution in [2.75, 3.05) is 7.05 Å². The summed E-state index contributed by atoms with van der Waals surface area (Å²) in [6, 6.07) is 17.9. The molecule has 1 nitrogen and oxygen atoms in total. The van der Waals surface area contributed by atoms with Crippen LogP contribution in [0.3, 0.4) is 0 Å². The summed E-state index contributed by atoms with van der Waals surface area (Å²) in [5.41, 5.74) is 4.16. The lowest BCUT2D eigenvalue weighted by Crippen LogP contribution is -2.28. The van der Waals surface area contributed by atoms with Gasteiger partial charge in [-0.05, 0) is 56.5 Å². The van der Waals surface area contributed by atoms with Gasteiger partial charge < -0.3 is 5.32 Å². The van der Waals surface area contributed by atoms with Crippen LogP contribution in [0.15, 0.2) is 53.0 Å². The van der Waals surface area contributed by atoms with E-state index in [1.807, 2.05) is 0 Å². The number of nitrogens with one attached hydrogen (secondary N) is 1. The minimum absolute atomic E-state index is 0.525. The van der Waals surface area contributed by atoms with Gasteiger partial charge in [0.2, 0.25) is 0 Å². The first-order valence-corrected chi connectivity index (χ1v) is 7.94. The summed E-state index contributed by atoms with van der Waals surface area (Å²) in [6.07, 6.45) is 3.37. The van der Waals surface area contributed by atoms with Gasteiger partial charge in [-0.25, -0.2) is 0 Å². The van der Waals surface area contributed by atoms with Gasteiger partial charge in [0, 0.05) is 10.5 Å². The molecule has 1 atom stereocenters. The standard InChI is InChI=1S/C18H22BrN/c1-14-4-3-5-15(12-14)8-11-18(20-2)13-16-6-9-17(19)10-7-16/h3-7,9-10,12,18,20H,8,11,13H2,1-2H3. The van der Waals surface area contributed by atoms with Crippen molar-refractivity contribution in [2.45, 2.75) is 32.2 Å². The summed E-state index contributed by atoms with van der Waals surface area (Å²) in [5, 5.41) is 3.44. The molecule has 2 aromatic carbocycles. The van der Waals surface area contributed by atoms with Crippen LogP contribution < -0.4 is 5.32 Å². The highest BCUT2D eigenvalue weighted by Gasteiger charge is 2.07. The molecule has 0 amide bonds. The zero-order valence-electron chi connectivity index (χ0n) is 12.2. The molecule has 0 aliphatic heterocycles. The number of rotatable bonds is 6. The third-order valence-electron chi connectivity index (χ3n) is 3.67. The molecule has 0 saturated carbocycles. The van der Waals surface area contributed by atoms with Crippen molar-refractivity contribution in [3.8, 4) is 0 Å². The molecule has 0 aliphatic rings. The van der Waals surface area contributed by atoms with Gasteiger partial charge in [0.1, 0.15) is 0 Å². The van der Waals surface area contributed by atoms with Gasteiger partial charge in [-0.15, -0.1) is 0 Å². The fraction of sp³-hybridized carbons (Fsp3) is 0.333. The minimum atomic E-state index is 0.525. The smallest absolute Gasteiger partial charge is 0.0175 e. The topological polar surface area (TPSA) is 12.0 Å². The normalized spacial score (nSPS) is 12.3. The van der Waals surface area contributed by atoms with Crippen LogP contribution in [0.1, 0.15) is 23.1 Å². The average Bonchev–Trinajstić information content (AvgIpc) is 2.45. The first-order valence-electron chi connectivity index (χ1n) is 7.14. The number of halogens is 1. The molecule has 0 heterocycles. The van der Waals surface area contributed by atoms with E-state index in [2.05, 4.69) is 83.7 Å². The number of hydrogen-bond donors (Lipinski definition) is 1. The molecule has 2 heteroatoms. The molecular formula is C18H22BrN. The van der Waals surface area contributed by atoms with Crippen molar-refractivity contribution < 1.29 is 0 Å². The maximum atomic E-state index is 3.48. The molecule has 0 fully saturated rings. The summed E-state index contributed by atoms with van der Waals surface area (Å²) < 4.78 is 1.14. The van der Waals surface area contributed by atoms with Crippen molar-refractivity contribution in [3.63, 3.8) is 0 Å². The van der Waals surface area contributed by atoms with Crippen molar-refractivity contribution in [3.05, 3.63) is 69.7 Å². The van der Waals surface area contributed by atoms with Crippen molar-refractivity contribution in [1.29, 1.82) is 0 Å². The number of hydrogen-bond acceptors (Lipinski definition) is 1. The van der Waals surface area contributed by atoms with Gasteiger partial charge in [-0.3, -0.25) is 0 Å². The molecule has 0 spiro atoms. The van der Waals surface area contributed by atoms with Crippen LogP contribution >= 0.6 is 15.9 Å². The van der Waals surface area contributed by atoms with Crippen LogP contribution in [0.25, 0.3) is 0 Å². The molecular weight excluding hydrogens is 310 g/mol. The highest BCUT2D eigenvalue weighted by atomic mass is 79.9. The monoisotopic (exact) mass is 331 g/mol. The third kappa shape index (κ3) is 4.77. The SMILES string of the molecule is CNC(CCc1cccc(C)c1)Cc1ccc(Br)cc1. The largest absolute Gasteiger partial charge is 0.317 e. The zero-order chi connectivity index (χ0) is 14.4. The first-order chi connectivity index (χ1) is 9.67. The predicted molar refractivity (Wildman–Crippen MR) is 90.2 cm³/mol. The van der Waals surface area contributed by atoms with Crippen molar-refractivity contribution in [2.24, 2.45) is 0 Å². The lowest BCUT2D eigenvalue weighted by molar-refractivity contribution is 0.520. The van der Waals surface area contributed by atoms with E-state index in [4.69, 9.17) is 0 Å². The van der Waals surface area contributed by atoms with Gasteiger partial charge in [0.05, 0.1) is 0 Å². The van der Waals surface area contributed by atoms with E-state index in [9.17, 15) is 0 Å². The van der Waals surface area contributed by atoms with Gasteiger partial charge in [-0.1, -0.05) is 57.9 Å². The first kappa shape index (κ1) is 15.3. The molecule has 2 aromatic rings. The van der Waals surface area contributed by atoms with E-state index >= 15 is 0 Å². The number of aryl methyl sites for hydroxylation is 2. The van der Waals surface area contributed by atoms with Gasteiger partial charge >= 0.3 is 0 Å². The summed E-state index contributed by atoms with van der Waals surface area (Å²) in [4.78, 5) is 0. The molecule has 0 aromatic heterocycles. The highest BCUT2D eigenvalue weighted by molar-refractivity contribution is 9.10. The second kappa shape index (κ2) is 7.61. The Morgan fingerprint density at radius 3 is 2.45 bits per heavy atom. The Balaban J connectivity index is 1.90. The Kier molecular flexibility index (Phi) is 5.81. The molecule has 1 N–H and O–H groups in total. The lowest BCUT2D eigenvalue weighted by atomic mass is 9.98. The van der Waals surface area contributed by atoms with Crippen LogP contribution in [-0.2, 0) is 12.8 Å². The summed E-state index contributed by atoms with van der Waals surface area (Å²) in [5.74, 6) is 0. The third-order valence-corrected chi connectivity index (χ3v) is 4.20. The van der Waals surface area contributed by atoms with Crippen molar-refractivity contribution >= 4 is 15.9 Å². The van der Waals surface area contributed by atoms with Gasteiger partial charge in [-0.2, -0.15) is 0 Å². The van der Waals surface area contributed by atoms with Crippen LogP contribution in [0, 0.1) is 6.92 Å². The molecule has 0 aliphatic carbocycles. The molecule has 0 saturated heterocycles. The van der Waals surface area contributed by atoms with E-state index in [0.29, 0.717) is 6.04 Å². The summed E-state index contributed by atoms with van der Waals surface area (Å²) in [7, 11) is 2.06. The zero-order valence-corrected chi connectivity index (χ0v) is 13.8.